The fourth-order valence-electron chi connectivity index (χ4n) is 2.53. The molecule has 0 saturated carbocycles. The van der Waals surface area contributed by atoms with E-state index in [-0.39, 0.29) is 5.57 Å². The molecule has 6 nitrogen and oxygen atoms in total. The maximum atomic E-state index is 12.1. The number of cyclic esters (lactones) is 2. The Hall–Kier alpha value is -2.80. The summed E-state index contributed by atoms with van der Waals surface area (Å²) in [4.78, 5) is 28.5. The number of esters is 2. The van der Waals surface area contributed by atoms with E-state index in [1.807, 2.05) is 24.3 Å². The van der Waals surface area contributed by atoms with Crippen LogP contribution < -0.4 is 4.74 Å². The molecule has 27 heavy (non-hydrogen) atoms. The highest BCUT2D eigenvalue weighted by Crippen LogP contribution is 2.29. The fourth-order valence-corrected chi connectivity index (χ4v) is 3.37. The second-order valence-electron chi connectivity index (χ2n) is 6.26. The number of rotatable bonds is 5. The van der Waals surface area contributed by atoms with Crippen LogP contribution in [0.4, 0.5) is 0 Å². The Bertz CT molecular complexity index is 871. The van der Waals surface area contributed by atoms with Crippen molar-refractivity contribution >= 4 is 29.8 Å². The fraction of sp³-hybridized carbons (Fsp3) is 0.250. The third-order valence-corrected chi connectivity index (χ3v) is 4.74. The van der Waals surface area contributed by atoms with Crippen LogP contribution in [0.5, 0.6) is 5.75 Å². The first-order valence-electron chi connectivity index (χ1n) is 8.27. The van der Waals surface area contributed by atoms with Crippen LogP contribution in [0.15, 0.2) is 53.2 Å². The highest BCUT2D eigenvalue weighted by atomic mass is 32.2. The van der Waals surface area contributed by atoms with E-state index in [4.69, 9.17) is 14.2 Å². The number of thioether (sulfide) groups is 1. The zero-order valence-electron chi connectivity index (χ0n) is 15.2. The van der Waals surface area contributed by atoms with E-state index in [1.54, 1.807) is 37.2 Å². The number of ether oxygens (including phenoxy) is 3. The predicted octanol–water partition coefficient (Wildman–Crippen LogP) is 3.60. The molecule has 7 heteroatoms. The van der Waals surface area contributed by atoms with Gasteiger partial charge in [0.2, 0.25) is 0 Å². The summed E-state index contributed by atoms with van der Waals surface area (Å²) in [5, 5.41) is 0.893. The second kappa shape index (κ2) is 7.84. The van der Waals surface area contributed by atoms with Gasteiger partial charge in [0.15, 0.2) is 0 Å². The van der Waals surface area contributed by atoms with Gasteiger partial charge in [-0.1, -0.05) is 12.1 Å². The molecule has 0 radical (unpaired) electrons. The van der Waals surface area contributed by atoms with E-state index < -0.39 is 17.7 Å². The molecule has 0 spiro atoms. The summed E-state index contributed by atoms with van der Waals surface area (Å²) in [6.07, 6.45) is 3.20. The highest BCUT2D eigenvalue weighted by Gasteiger charge is 2.38. The quantitative estimate of drug-likeness (QED) is 0.337. The van der Waals surface area contributed by atoms with E-state index in [9.17, 15) is 9.59 Å². The molecule has 1 aromatic heterocycles. The van der Waals surface area contributed by atoms with Gasteiger partial charge in [-0.3, -0.25) is 0 Å². The lowest BCUT2D eigenvalue weighted by Crippen LogP contribution is -2.41. The van der Waals surface area contributed by atoms with Crippen LogP contribution in [-0.2, 0) is 24.8 Å². The Kier molecular flexibility index (Phi) is 5.51. The van der Waals surface area contributed by atoms with Crippen LogP contribution in [0.2, 0.25) is 0 Å². The van der Waals surface area contributed by atoms with Crippen LogP contribution in [-0.4, -0.2) is 29.8 Å². The van der Waals surface area contributed by atoms with E-state index in [2.05, 4.69) is 4.98 Å². The van der Waals surface area contributed by atoms with Crippen molar-refractivity contribution in [3.05, 3.63) is 59.3 Å². The summed E-state index contributed by atoms with van der Waals surface area (Å²) >= 11 is 1.56. The Labute approximate surface area is 161 Å². The summed E-state index contributed by atoms with van der Waals surface area (Å²) < 4.78 is 15.7. The van der Waals surface area contributed by atoms with Gasteiger partial charge in [0.05, 0.1) is 12.1 Å². The molecule has 3 rings (SSSR count). The molecule has 1 aromatic carbocycles. The molecule has 140 valence electrons. The van der Waals surface area contributed by atoms with Crippen LogP contribution in [0.25, 0.3) is 6.08 Å². The minimum absolute atomic E-state index is 0.136. The summed E-state index contributed by atoms with van der Waals surface area (Å²) in [7, 11) is 1.60. The highest BCUT2D eigenvalue weighted by molar-refractivity contribution is 7.98. The monoisotopic (exact) mass is 385 g/mol. The zero-order chi connectivity index (χ0) is 19.4. The molecule has 1 aliphatic heterocycles. The molecule has 0 atom stereocenters. The molecule has 1 aliphatic rings. The summed E-state index contributed by atoms with van der Waals surface area (Å²) in [6, 6.07) is 11.1. The predicted molar refractivity (Wildman–Crippen MR) is 101 cm³/mol. The number of hydrogen-bond acceptors (Lipinski definition) is 7. The first kappa shape index (κ1) is 19.0. The summed E-state index contributed by atoms with van der Waals surface area (Å²) in [6.45, 7) is 3.03. The van der Waals surface area contributed by atoms with Crippen LogP contribution in [0.1, 0.15) is 25.0 Å². The van der Waals surface area contributed by atoms with E-state index in [0.717, 1.165) is 16.3 Å². The van der Waals surface area contributed by atoms with Crippen molar-refractivity contribution in [1.82, 2.24) is 4.98 Å². The molecule has 1 saturated heterocycles. The Morgan fingerprint density at radius 1 is 1.15 bits per heavy atom. The number of pyridine rings is 1. The number of aromatic nitrogens is 1. The maximum Gasteiger partial charge on any atom is 0.348 e. The van der Waals surface area contributed by atoms with E-state index >= 15 is 0 Å². The molecule has 0 amide bonds. The number of nitrogens with zero attached hydrogens (tertiary/aromatic N) is 1. The number of hydrogen-bond donors (Lipinski definition) is 0. The smallest absolute Gasteiger partial charge is 0.348 e. The van der Waals surface area contributed by atoms with Crippen molar-refractivity contribution in [3.63, 3.8) is 0 Å². The van der Waals surface area contributed by atoms with Crippen molar-refractivity contribution in [1.29, 1.82) is 0 Å². The van der Waals surface area contributed by atoms with Crippen molar-refractivity contribution in [2.24, 2.45) is 0 Å². The van der Waals surface area contributed by atoms with Crippen LogP contribution >= 0.6 is 11.8 Å². The molecule has 2 heterocycles. The first-order valence-corrected chi connectivity index (χ1v) is 9.25. The van der Waals surface area contributed by atoms with Gasteiger partial charge in [-0.05, 0) is 35.9 Å². The Balaban J connectivity index is 1.84. The number of carbonyl (C=O) groups excluding carboxylic acids is 2. The molecule has 2 aromatic rings. The van der Waals surface area contributed by atoms with Crippen molar-refractivity contribution in [3.8, 4) is 5.75 Å². The molecular weight excluding hydrogens is 366 g/mol. The van der Waals surface area contributed by atoms with Gasteiger partial charge in [-0.2, -0.15) is 0 Å². The number of carbonyl (C=O) groups is 2. The molecular formula is C20H19NO5S. The van der Waals surface area contributed by atoms with E-state index in [1.165, 1.54) is 19.9 Å². The minimum atomic E-state index is -1.25. The largest absolute Gasteiger partial charge is 0.496 e. The second-order valence-corrected chi connectivity index (χ2v) is 7.26. The Morgan fingerprint density at radius 2 is 1.89 bits per heavy atom. The zero-order valence-corrected chi connectivity index (χ0v) is 16.0. The van der Waals surface area contributed by atoms with Gasteiger partial charge >= 0.3 is 11.9 Å². The maximum absolute atomic E-state index is 12.1. The molecule has 0 aliphatic carbocycles. The van der Waals surface area contributed by atoms with Gasteiger partial charge in [0, 0.05) is 31.4 Å². The van der Waals surface area contributed by atoms with Gasteiger partial charge in [0.25, 0.3) is 5.79 Å². The lowest BCUT2D eigenvalue weighted by atomic mass is 10.1. The lowest BCUT2D eigenvalue weighted by Gasteiger charge is -2.29. The van der Waals surface area contributed by atoms with Crippen LogP contribution in [0.3, 0.4) is 0 Å². The van der Waals surface area contributed by atoms with Gasteiger partial charge in [-0.25, -0.2) is 14.6 Å². The molecule has 0 bridgehead atoms. The van der Waals surface area contributed by atoms with Crippen molar-refractivity contribution in [2.75, 3.05) is 7.11 Å². The minimum Gasteiger partial charge on any atom is -0.496 e. The molecule has 0 unspecified atom stereocenters. The third-order valence-electron chi connectivity index (χ3n) is 3.75. The topological polar surface area (TPSA) is 74.7 Å². The third kappa shape index (κ3) is 4.68. The summed E-state index contributed by atoms with van der Waals surface area (Å²) in [5.74, 6) is -1.31. The molecule has 1 fully saturated rings. The lowest BCUT2D eigenvalue weighted by molar-refractivity contribution is -0.222. The summed E-state index contributed by atoms with van der Waals surface area (Å²) in [5.41, 5.74) is 1.46. The standard InChI is InChI=1S/C20H19NO5S/c1-20(2)25-18(22)15(19(23)26-20)11-13-7-8-16(24-3)14(10-13)12-27-17-6-4-5-9-21-17/h4-11H,12H2,1-3H3. The number of methoxy groups -OCH3 is 1. The van der Waals surface area contributed by atoms with Crippen molar-refractivity contribution in [2.45, 2.75) is 30.4 Å². The number of benzene rings is 1. The average Bonchev–Trinajstić information content (AvgIpc) is 2.63. The average molecular weight is 385 g/mol. The molecule has 0 N–H and O–H groups in total. The van der Waals surface area contributed by atoms with Gasteiger partial charge in [-0.15, -0.1) is 11.8 Å². The van der Waals surface area contributed by atoms with E-state index in [0.29, 0.717) is 11.3 Å². The normalized spacial score (nSPS) is 15.7. The van der Waals surface area contributed by atoms with Crippen LogP contribution in [0, 0.1) is 0 Å². The first-order chi connectivity index (χ1) is 12.9. The van der Waals surface area contributed by atoms with Gasteiger partial charge < -0.3 is 14.2 Å². The SMILES string of the molecule is COc1ccc(C=C2C(=O)OC(C)(C)OC2=O)cc1CSc1ccccn1. The Morgan fingerprint density at radius 3 is 2.52 bits per heavy atom. The van der Waals surface area contributed by atoms with Gasteiger partial charge in [0.1, 0.15) is 11.3 Å². The van der Waals surface area contributed by atoms with Crippen molar-refractivity contribution < 1.29 is 23.8 Å².